The summed E-state index contributed by atoms with van der Waals surface area (Å²) in [6.45, 7) is 0.714. The molecule has 1 aliphatic heterocycles. The van der Waals surface area contributed by atoms with Crippen molar-refractivity contribution in [1.82, 2.24) is 5.32 Å². The highest BCUT2D eigenvalue weighted by molar-refractivity contribution is 5.80. The van der Waals surface area contributed by atoms with E-state index in [4.69, 9.17) is 9.47 Å². The predicted octanol–water partition coefficient (Wildman–Crippen LogP) is 2.80. The molecule has 0 bridgehead atoms. The van der Waals surface area contributed by atoms with Crippen molar-refractivity contribution in [2.45, 2.75) is 37.8 Å². The summed E-state index contributed by atoms with van der Waals surface area (Å²) in [6, 6.07) is 13.6. The Morgan fingerprint density at radius 1 is 1.30 bits per heavy atom. The van der Waals surface area contributed by atoms with Gasteiger partial charge in [-0.05, 0) is 48.1 Å². The second-order valence-electron chi connectivity index (χ2n) is 7.38. The molecule has 1 heterocycles. The number of para-hydroxylation sites is 1. The van der Waals surface area contributed by atoms with Gasteiger partial charge >= 0.3 is 0 Å². The van der Waals surface area contributed by atoms with Crippen LogP contribution in [0.1, 0.15) is 35.6 Å². The zero-order chi connectivity index (χ0) is 18.8. The van der Waals surface area contributed by atoms with E-state index in [1.807, 2.05) is 36.4 Å². The van der Waals surface area contributed by atoms with E-state index in [2.05, 4.69) is 11.4 Å². The second kappa shape index (κ2) is 7.61. The summed E-state index contributed by atoms with van der Waals surface area (Å²) in [4.78, 5) is 12.8. The van der Waals surface area contributed by atoms with Gasteiger partial charge in [0.05, 0.1) is 32.3 Å². The molecular formula is C22H25NO4. The molecule has 4 rings (SSSR count). The van der Waals surface area contributed by atoms with Gasteiger partial charge in [-0.3, -0.25) is 4.79 Å². The monoisotopic (exact) mass is 367 g/mol. The number of carbonyl (C=O) groups excluding carboxylic acids is 1. The minimum Gasteiger partial charge on any atom is -0.496 e. The van der Waals surface area contributed by atoms with Crippen molar-refractivity contribution in [3.8, 4) is 11.5 Å². The van der Waals surface area contributed by atoms with Gasteiger partial charge in [-0.15, -0.1) is 0 Å². The summed E-state index contributed by atoms with van der Waals surface area (Å²) < 4.78 is 10.9. The molecule has 142 valence electrons. The number of carbonyl (C=O) groups is 1. The lowest BCUT2D eigenvalue weighted by atomic mass is 9.74. The molecular weight excluding hydrogens is 342 g/mol. The highest BCUT2D eigenvalue weighted by Crippen LogP contribution is 2.39. The first kappa shape index (κ1) is 17.9. The molecule has 0 spiro atoms. The Bertz CT molecular complexity index is 829. The lowest BCUT2D eigenvalue weighted by Gasteiger charge is -2.38. The molecule has 0 radical (unpaired) electrons. The Kier molecular flexibility index (Phi) is 5.03. The van der Waals surface area contributed by atoms with Gasteiger partial charge in [0.2, 0.25) is 5.91 Å². The van der Waals surface area contributed by atoms with Gasteiger partial charge in [0.15, 0.2) is 0 Å². The average Bonchev–Trinajstić information content (AvgIpc) is 3.12. The van der Waals surface area contributed by atoms with Crippen LogP contribution in [0.2, 0.25) is 0 Å². The van der Waals surface area contributed by atoms with Crippen LogP contribution < -0.4 is 14.8 Å². The van der Waals surface area contributed by atoms with Crippen molar-refractivity contribution in [3.63, 3.8) is 0 Å². The fourth-order valence-electron chi connectivity index (χ4n) is 4.02. The molecule has 1 amide bonds. The molecule has 5 nitrogen and oxygen atoms in total. The van der Waals surface area contributed by atoms with Gasteiger partial charge in [0.25, 0.3) is 0 Å². The van der Waals surface area contributed by atoms with Crippen molar-refractivity contribution in [2.24, 2.45) is 5.92 Å². The molecule has 2 N–H and O–H groups in total. The minimum absolute atomic E-state index is 0.0392. The molecule has 0 aromatic heterocycles. The number of rotatable bonds is 6. The summed E-state index contributed by atoms with van der Waals surface area (Å²) in [5.74, 6) is 1.87. The number of hydrogen-bond acceptors (Lipinski definition) is 4. The number of ether oxygens (including phenoxy) is 2. The topological polar surface area (TPSA) is 67.8 Å². The normalized spacial score (nSPS) is 21.6. The SMILES string of the molecule is COc1ccccc1CC(=O)N[C@@H](c1ccc2c(c1)CCO2)C1CC(O)C1. The van der Waals surface area contributed by atoms with Crippen molar-refractivity contribution in [2.75, 3.05) is 13.7 Å². The summed E-state index contributed by atoms with van der Waals surface area (Å²) in [7, 11) is 1.61. The quantitative estimate of drug-likeness (QED) is 0.824. The van der Waals surface area contributed by atoms with Gasteiger partial charge in [-0.25, -0.2) is 0 Å². The highest BCUT2D eigenvalue weighted by Gasteiger charge is 2.36. The Hall–Kier alpha value is -2.53. The van der Waals surface area contributed by atoms with Crippen molar-refractivity contribution in [3.05, 3.63) is 59.2 Å². The highest BCUT2D eigenvalue weighted by atomic mass is 16.5. The van der Waals surface area contributed by atoms with Gasteiger partial charge in [-0.2, -0.15) is 0 Å². The van der Waals surface area contributed by atoms with E-state index in [-0.39, 0.29) is 30.4 Å². The van der Waals surface area contributed by atoms with Crippen LogP contribution >= 0.6 is 0 Å². The first-order chi connectivity index (χ1) is 13.1. The summed E-state index contributed by atoms with van der Waals surface area (Å²) in [5.41, 5.74) is 3.15. The number of aliphatic hydroxyl groups is 1. The molecule has 5 heteroatoms. The van der Waals surface area contributed by atoms with Crippen molar-refractivity contribution in [1.29, 1.82) is 0 Å². The molecule has 2 aliphatic rings. The van der Waals surface area contributed by atoms with E-state index in [1.165, 1.54) is 5.56 Å². The Labute approximate surface area is 159 Å². The average molecular weight is 367 g/mol. The minimum atomic E-state index is -0.263. The Morgan fingerprint density at radius 2 is 2.11 bits per heavy atom. The van der Waals surface area contributed by atoms with Crippen LogP contribution in [-0.4, -0.2) is 30.8 Å². The van der Waals surface area contributed by atoms with Crippen molar-refractivity contribution < 1.29 is 19.4 Å². The Balaban J connectivity index is 1.52. The standard InChI is InChI=1S/C22H25NO4/c1-26-19-5-3-2-4-14(19)13-21(25)23-22(17-11-18(24)12-17)16-6-7-20-15(10-16)8-9-27-20/h2-7,10,17-18,22,24H,8-9,11-13H2,1H3,(H,23,25)/t17?,18?,22-/m0/s1. The predicted molar refractivity (Wildman–Crippen MR) is 102 cm³/mol. The number of fused-ring (bicyclic) bond motifs is 1. The molecule has 0 saturated heterocycles. The molecule has 1 saturated carbocycles. The number of amides is 1. The lowest BCUT2D eigenvalue weighted by Crippen LogP contribution is -2.41. The first-order valence-corrected chi connectivity index (χ1v) is 9.49. The fraction of sp³-hybridized carbons (Fsp3) is 0.409. The van der Waals surface area contributed by atoms with E-state index in [1.54, 1.807) is 7.11 Å². The summed E-state index contributed by atoms with van der Waals surface area (Å²) in [6.07, 6.45) is 2.34. The van der Waals surface area contributed by atoms with Crippen LogP contribution in [-0.2, 0) is 17.6 Å². The van der Waals surface area contributed by atoms with Crippen LogP contribution in [0.4, 0.5) is 0 Å². The smallest absolute Gasteiger partial charge is 0.225 e. The second-order valence-corrected chi connectivity index (χ2v) is 7.38. The third-order valence-electron chi connectivity index (χ3n) is 5.55. The largest absolute Gasteiger partial charge is 0.496 e. The maximum atomic E-state index is 12.8. The van der Waals surface area contributed by atoms with E-state index >= 15 is 0 Å². The van der Waals surface area contributed by atoms with Gasteiger partial charge in [0, 0.05) is 12.0 Å². The number of hydrogen-bond donors (Lipinski definition) is 2. The van der Waals surface area contributed by atoms with Crippen LogP contribution in [0.25, 0.3) is 0 Å². The van der Waals surface area contributed by atoms with Crippen LogP contribution in [0.15, 0.2) is 42.5 Å². The zero-order valence-electron chi connectivity index (χ0n) is 15.5. The number of nitrogens with one attached hydrogen (secondary N) is 1. The Morgan fingerprint density at radius 3 is 2.89 bits per heavy atom. The molecule has 2 aromatic rings. The number of methoxy groups -OCH3 is 1. The van der Waals surface area contributed by atoms with Gasteiger partial charge < -0.3 is 19.9 Å². The van der Waals surface area contributed by atoms with Gasteiger partial charge in [-0.1, -0.05) is 24.3 Å². The van der Waals surface area contributed by atoms with Crippen LogP contribution in [0, 0.1) is 5.92 Å². The maximum absolute atomic E-state index is 12.8. The molecule has 1 atom stereocenters. The third-order valence-corrected chi connectivity index (χ3v) is 5.55. The van der Waals surface area contributed by atoms with Crippen LogP contribution in [0.5, 0.6) is 11.5 Å². The first-order valence-electron chi connectivity index (χ1n) is 9.49. The molecule has 0 unspecified atom stereocenters. The van der Waals surface area contributed by atoms with E-state index in [0.29, 0.717) is 19.4 Å². The summed E-state index contributed by atoms with van der Waals surface area (Å²) in [5, 5.41) is 13.0. The van der Waals surface area contributed by atoms with E-state index < -0.39 is 0 Å². The van der Waals surface area contributed by atoms with E-state index in [0.717, 1.165) is 29.0 Å². The zero-order valence-corrected chi connectivity index (χ0v) is 15.5. The lowest BCUT2D eigenvalue weighted by molar-refractivity contribution is -0.122. The number of benzene rings is 2. The van der Waals surface area contributed by atoms with E-state index in [9.17, 15) is 9.90 Å². The van der Waals surface area contributed by atoms with Crippen molar-refractivity contribution >= 4 is 5.91 Å². The van der Waals surface area contributed by atoms with Gasteiger partial charge in [0.1, 0.15) is 11.5 Å². The maximum Gasteiger partial charge on any atom is 0.225 e. The third kappa shape index (κ3) is 3.78. The number of aliphatic hydroxyl groups excluding tert-OH is 1. The molecule has 27 heavy (non-hydrogen) atoms. The van der Waals surface area contributed by atoms with Crippen LogP contribution in [0.3, 0.4) is 0 Å². The molecule has 1 aliphatic carbocycles. The fourth-order valence-corrected chi connectivity index (χ4v) is 4.02. The molecule has 2 aromatic carbocycles. The molecule has 1 fully saturated rings. The summed E-state index contributed by atoms with van der Waals surface area (Å²) >= 11 is 0.